The molecule has 0 spiro atoms. The maximum Gasteiger partial charge on any atom is 0.300 e. The fourth-order valence-electron chi connectivity index (χ4n) is 4.45. The van der Waals surface area contributed by atoms with E-state index in [1.165, 1.54) is 0 Å². The number of carbonyl (C=O) groups is 2. The Kier molecular flexibility index (Phi) is 11.1. The molecule has 1 amide bonds. The molecule has 1 unspecified atom stereocenters. The normalized spacial score (nSPS) is 11.0. The summed E-state index contributed by atoms with van der Waals surface area (Å²) >= 11 is 0. The lowest BCUT2D eigenvalue weighted by atomic mass is 10.0. The van der Waals surface area contributed by atoms with Crippen molar-refractivity contribution < 1.29 is 24.2 Å². The number of fused-ring (bicyclic) bond motifs is 1. The molecule has 1 aromatic heterocycles. The number of nitrogens with one attached hydrogen (secondary N) is 3. The Balaban J connectivity index is 0.00000109. The van der Waals surface area contributed by atoms with Crippen molar-refractivity contribution in [2.45, 2.75) is 26.1 Å². The fraction of sp³-hybridized carbons (Fsp3) is 0.143. The van der Waals surface area contributed by atoms with Gasteiger partial charge in [-0.25, -0.2) is 0 Å². The van der Waals surface area contributed by atoms with Crippen LogP contribution in [0.25, 0.3) is 10.9 Å². The van der Waals surface area contributed by atoms with E-state index < -0.39 is 12.0 Å². The summed E-state index contributed by atoms with van der Waals surface area (Å²) in [4.78, 5) is 26.9. The topological polar surface area (TPSA) is 160 Å². The zero-order chi connectivity index (χ0) is 32.2. The summed E-state index contributed by atoms with van der Waals surface area (Å²) in [6.07, 6.45) is 1.77. The molecule has 0 aliphatic heterocycles. The summed E-state index contributed by atoms with van der Waals surface area (Å²) < 4.78 is 11.8. The third kappa shape index (κ3) is 9.29. The zero-order valence-electron chi connectivity index (χ0n) is 25.0. The van der Waals surface area contributed by atoms with E-state index in [0.29, 0.717) is 41.5 Å². The molecule has 0 radical (unpaired) electrons. The van der Waals surface area contributed by atoms with Crippen LogP contribution in [0.15, 0.2) is 109 Å². The Morgan fingerprint density at radius 1 is 0.911 bits per heavy atom. The van der Waals surface area contributed by atoms with Gasteiger partial charge in [0.15, 0.2) is 11.5 Å². The molecule has 6 N–H and O–H groups in total. The molecule has 0 saturated heterocycles. The highest BCUT2D eigenvalue weighted by Crippen LogP contribution is 2.32. The average molecular weight is 606 g/mol. The number of benzene rings is 4. The van der Waals surface area contributed by atoms with Crippen LogP contribution >= 0.6 is 0 Å². The number of carbonyl (C=O) groups excluding carboxylic acids is 1. The van der Waals surface area contributed by atoms with E-state index in [0.717, 1.165) is 29.0 Å². The van der Waals surface area contributed by atoms with Gasteiger partial charge in [0, 0.05) is 36.3 Å². The number of ether oxygens (including phenoxy) is 2. The minimum Gasteiger partial charge on any atom is -0.493 e. The second kappa shape index (κ2) is 15.5. The molecule has 1 atom stereocenters. The number of amides is 1. The van der Waals surface area contributed by atoms with Crippen LogP contribution in [0.3, 0.4) is 0 Å². The molecule has 5 aromatic rings. The van der Waals surface area contributed by atoms with Gasteiger partial charge in [-0.3, -0.25) is 20.0 Å². The average Bonchev–Trinajstić information content (AvgIpc) is 3.05. The monoisotopic (exact) mass is 605 g/mol. The maximum absolute atomic E-state index is 13.5. The van der Waals surface area contributed by atoms with Crippen molar-refractivity contribution in [1.29, 1.82) is 5.41 Å². The number of nitrogens with zero attached hydrogens (tertiary/aromatic N) is 1. The predicted molar refractivity (Wildman–Crippen MR) is 174 cm³/mol. The quantitative estimate of drug-likeness (QED) is 0.0952. The van der Waals surface area contributed by atoms with Crippen molar-refractivity contribution in [3.05, 3.63) is 132 Å². The summed E-state index contributed by atoms with van der Waals surface area (Å²) in [6, 6.07) is 31.5. The zero-order valence-corrected chi connectivity index (χ0v) is 25.0. The molecule has 0 saturated carbocycles. The minimum absolute atomic E-state index is 0.0195. The molecular formula is C35H35N5O5. The molecule has 0 fully saturated rings. The van der Waals surface area contributed by atoms with Gasteiger partial charge in [0.25, 0.3) is 5.97 Å². The Morgan fingerprint density at radius 2 is 1.64 bits per heavy atom. The number of amidine groups is 1. The maximum atomic E-state index is 13.5. The van der Waals surface area contributed by atoms with Crippen LogP contribution in [0.1, 0.15) is 35.2 Å². The van der Waals surface area contributed by atoms with Gasteiger partial charge >= 0.3 is 0 Å². The first kappa shape index (κ1) is 32.0. The van der Waals surface area contributed by atoms with Crippen molar-refractivity contribution in [1.82, 2.24) is 10.3 Å². The molecule has 1 heterocycles. The number of nitrogens with two attached hydrogens (primary N) is 1. The molecule has 0 bridgehead atoms. The van der Waals surface area contributed by atoms with E-state index in [9.17, 15) is 4.79 Å². The first-order valence-corrected chi connectivity index (χ1v) is 14.1. The highest BCUT2D eigenvalue weighted by molar-refractivity contribution is 5.95. The van der Waals surface area contributed by atoms with Crippen molar-refractivity contribution in [2.24, 2.45) is 5.73 Å². The molecule has 5 rings (SSSR count). The van der Waals surface area contributed by atoms with E-state index in [4.69, 9.17) is 30.5 Å². The van der Waals surface area contributed by atoms with E-state index >= 15 is 0 Å². The van der Waals surface area contributed by atoms with Crippen LogP contribution in [0.5, 0.6) is 11.5 Å². The highest BCUT2D eigenvalue weighted by atomic mass is 16.5. The third-order valence-corrected chi connectivity index (χ3v) is 6.66. The number of nitrogen functional groups attached to an aromatic ring is 1. The lowest BCUT2D eigenvalue weighted by Gasteiger charge is -2.22. The number of aliphatic carboxylic acids is 1. The predicted octanol–water partition coefficient (Wildman–Crippen LogP) is 5.67. The number of hydrogen-bond acceptors (Lipinski definition) is 7. The molecule has 0 aliphatic rings. The number of rotatable bonds is 11. The molecule has 0 aliphatic carbocycles. The van der Waals surface area contributed by atoms with Crippen molar-refractivity contribution >= 4 is 34.3 Å². The van der Waals surface area contributed by atoms with Crippen LogP contribution in [0.4, 0.5) is 5.69 Å². The number of anilines is 1. The molecule has 10 nitrogen and oxygen atoms in total. The van der Waals surface area contributed by atoms with E-state index in [1.807, 2.05) is 72.8 Å². The highest BCUT2D eigenvalue weighted by Gasteiger charge is 2.22. The number of aromatic nitrogens is 1. The van der Waals surface area contributed by atoms with Gasteiger partial charge in [0.05, 0.1) is 12.6 Å². The SMILES string of the molecule is CC(=O)O.COc1cc(C(Nc2ccc(C(=N)N)cc2)C(=O)NCc2ccccc2)ccc1OCc1ccc2cccnc2c1. The molecule has 45 heavy (non-hydrogen) atoms. The van der Waals surface area contributed by atoms with Gasteiger partial charge in [0.2, 0.25) is 5.91 Å². The van der Waals surface area contributed by atoms with Crippen LogP contribution in [-0.2, 0) is 22.7 Å². The van der Waals surface area contributed by atoms with Crippen molar-refractivity contribution in [2.75, 3.05) is 12.4 Å². The van der Waals surface area contributed by atoms with Gasteiger partial charge in [-0.05, 0) is 65.2 Å². The van der Waals surface area contributed by atoms with E-state index in [1.54, 1.807) is 43.6 Å². The Labute approximate surface area is 261 Å². The largest absolute Gasteiger partial charge is 0.493 e. The van der Waals surface area contributed by atoms with Gasteiger partial charge in [-0.1, -0.05) is 54.6 Å². The standard InChI is InChI=1S/C33H31N5O3.C2H4O2/c1-40-30-19-26(13-16-29(30)41-21-23-9-10-24-8-5-17-36-28(24)18-23)31(33(39)37-20-22-6-3-2-4-7-22)38-27-14-11-25(12-15-27)32(34)35;1-2(3)4/h2-19,31,38H,20-21H2,1H3,(H3,34,35)(H,37,39);1H3,(H,3,4). The number of carboxylic acids is 1. The van der Waals surface area contributed by atoms with Crippen LogP contribution in [0.2, 0.25) is 0 Å². The molecule has 10 heteroatoms. The first-order valence-electron chi connectivity index (χ1n) is 14.1. The number of methoxy groups -OCH3 is 1. The Hall–Kier alpha value is -5.90. The van der Waals surface area contributed by atoms with Crippen LogP contribution < -0.4 is 25.8 Å². The first-order chi connectivity index (χ1) is 21.7. The number of carboxylic acid groups (broad SMARTS) is 1. The molecule has 230 valence electrons. The fourth-order valence-corrected chi connectivity index (χ4v) is 4.45. The smallest absolute Gasteiger partial charge is 0.300 e. The van der Waals surface area contributed by atoms with Crippen LogP contribution in [-0.4, -0.2) is 34.9 Å². The van der Waals surface area contributed by atoms with Gasteiger partial charge in [-0.2, -0.15) is 0 Å². The van der Waals surface area contributed by atoms with E-state index in [-0.39, 0.29) is 11.7 Å². The third-order valence-electron chi connectivity index (χ3n) is 6.66. The van der Waals surface area contributed by atoms with Gasteiger partial charge in [0.1, 0.15) is 18.5 Å². The van der Waals surface area contributed by atoms with Crippen LogP contribution in [0, 0.1) is 5.41 Å². The van der Waals surface area contributed by atoms with E-state index in [2.05, 4.69) is 15.6 Å². The second-order valence-electron chi connectivity index (χ2n) is 10.0. The molecule has 4 aromatic carbocycles. The summed E-state index contributed by atoms with van der Waals surface area (Å²) in [6.45, 7) is 1.81. The Morgan fingerprint density at radius 3 is 2.33 bits per heavy atom. The van der Waals surface area contributed by atoms with Crippen molar-refractivity contribution in [3.63, 3.8) is 0 Å². The lowest BCUT2D eigenvalue weighted by molar-refractivity contribution is -0.134. The minimum atomic E-state index is -0.833. The Bertz CT molecular complexity index is 1760. The van der Waals surface area contributed by atoms with Gasteiger partial charge < -0.3 is 30.9 Å². The number of hydrogen-bond donors (Lipinski definition) is 5. The number of pyridine rings is 1. The summed E-state index contributed by atoms with van der Waals surface area (Å²) in [5.41, 5.74) is 10.5. The van der Waals surface area contributed by atoms with Crippen molar-refractivity contribution in [3.8, 4) is 11.5 Å². The summed E-state index contributed by atoms with van der Waals surface area (Å²) in [7, 11) is 1.57. The summed E-state index contributed by atoms with van der Waals surface area (Å²) in [5.74, 6) is 0.0143. The molecular weight excluding hydrogens is 570 g/mol. The summed E-state index contributed by atoms with van der Waals surface area (Å²) in [5, 5.41) is 22.5. The second-order valence-corrected chi connectivity index (χ2v) is 10.0. The lowest BCUT2D eigenvalue weighted by Crippen LogP contribution is -2.33. The van der Waals surface area contributed by atoms with Gasteiger partial charge in [-0.15, -0.1) is 0 Å².